The Balaban J connectivity index is 0.00000155. The molecule has 0 saturated carbocycles. The van der Waals surface area contributed by atoms with Crippen molar-refractivity contribution in [2.75, 3.05) is 7.18 Å². The smallest absolute Gasteiger partial charge is 0.0785 e. The number of nitriles is 1. The summed E-state index contributed by atoms with van der Waals surface area (Å²) in [4.78, 5) is 0. The number of benzene rings is 2. The van der Waals surface area contributed by atoms with Gasteiger partial charge in [0.1, 0.15) is 0 Å². The summed E-state index contributed by atoms with van der Waals surface area (Å²) in [5.74, 6) is 0.768. The van der Waals surface area contributed by atoms with E-state index in [1.807, 2.05) is 0 Å². The minimum absolute atomic E-state index is 0.194. The second-order valence-electron chi connectivity index (χ2n) is 8.64. The van der Waals surface area contributed by atoms with Crippen LogP contribution in [0, 0.1) is 24.2 Å². The minimum Gasteiger partial charge on any atom is -0.255 e. The number of halogens is 1. The van der Waals surface area contributed by atoms with Gasteiger partial charge in [0.25, 0.3) is 0 Å². The van der Waals surface area contributed by atoms with Gasteiger partial charge in [-0.3, -0.25) is 4.39 Å². The third-order valence-electron chi connectivity index (χ3n) is 6.06. The van der Waals surface area contributed by atoms with Gasteiger partial charge in [-0.1, -0.05) is 64.1 Å². The first-order chi connectivity index (χ1) is 14.4. The quantitative estimate of drug-likeness (QED) is 0.485. The van der Waals surface area contributed by atoms with Crippen molar-refractivity contribution in [3.05, 3.63) is 69.8 Å². The molecule has 0 amide bonds. The van der Waals surface area contributed by atoms with Gasteiger partial charge in [0, 0.05) is 16.4 Å². The van der Waals surface area contributed by atoms with E-state index in [-0.39, 0.29) is 5.92 Å². The number of rotatable bonds is 5. The number of alkyl halides is 1. The fourth-order valence-corrected chi connectivity index (χ4v) is 5.93. The number of thioether (sulfide) groups is 1. The zero-order chi connectivity index (χ0) is 22.3. The van der Waals surface area contributed by atoms with Crippen LogP contribution in [0.15, 0.2) is 36.4 Å². The summed E-state index contributed by atoms with van der Waals surface area (Å²) in [6.07, 6.45) is 4.06. The topological polar surface area (TPSA) is 23.8 Å². The molecule has 3 rings (SSSR count). The van der Waals surface area contributed by atoms with Crippen molar-refractivity contribution in [2.24, 2.45) is 5.92 Å². The van der Waals surface area contributed by atoms with E-state index in [9.17, 15) is 9.65 Å². The van der Waals surface area contributed by atoms with Gasteiger partial charge in [-0.15, -0.1) is 0 Å². The maximum absolute atomic E-state index is 9.50. The fraction of sp³-hybridized carbons (Fsp3) is 0.519. The largest absolute Gasteiger partial charge is 0.255 e. The Morgan fingerprint density at radius 1 is 1.10 bits per heavy atom. The molecule has 3 unspecified atom stereocenters. The highest BCUT2D eigenvalue weighted by Gasteiger charge is 2.29. The van der Waals surface area contributed by atoms with Crippen molar-refractivity contribution < 1.29 is 4.39 Å². The Kier molecular flexibility index (Phi) is 9.43. The first kappa shape index (κ1) is 24.5. The third-order valence-corrected chi connectivity index (χ3v) is 7.49. The van der Waals surface area contributed by atoms with E-state index in [1.165, 1.54) is 33.4 Å². The van der Waals surface area contributed by atoms with Crippen LogP contribution >= 0.6 is 11.8 Å². The average Bonchev–Trinajstić information content (AvgIpc) is 2.76. The van der Waals surface area contributed by atoms with Crippen LogP contribution in [0.5, 0.6) is 0 Å². The molecule has 0 radical (unpaired) electrons. The molecule has 162 valence electrons. The van der Waals surface area contributed by atoms with Gasteiger partial charge in [0.15, 0.2) is 0 Å². The normalized spacial score (nSPS) is 21.0. The van der Waals surface area contributed by atoms with Crippen LogP contribution in [-0.4, -0.2) is 12.4 Å². The number of nitrogens with zero attached hydrogens (tertiary/aromatic N) is 1. The van der Waals surface area contributed by atoms with Crippen LogP contribution < -0.4 is 0 Å². The van der Waals surface area contributed by atoms with Gasteiger partial charge < -0.3 is 0 Å². The monoisotopic (exact) mass is 425 g/mol. The average molecular weight is 426 g/mol. The lowest BCUT2D eigenvalue weighted by Crippen LogP contribution is -2.18. The second-order valence-corrected chi connectivity index (χ2v) is 10.3. The highest BCUT2D eigenvalue weighted by atomic mass is 32.2. The fourth-order valence-electron chi connectivity index (χ4n) is 4.32. The molecule has 1 saturated heterocycles. The third kappa shape index (κ3) is 6.11. The summed E-state index contributed by atoms with van der Waals surface area (Å²) in [6.45, 7) is 11.3. The predicted octanol–water partition coefficient (Wildman–Crippen LogP) is 7.95. The summed E-state index contributed by atoms with van der Waals surface area (Å²) in [5.41, 5.74) is 8.52. The van der Waals surface area contributed by atoms with E-state index in [0.29, 0.717) is 23.6 Å². The standard InChI is InChI=1S/C26H33NS.CH3F/c1-6-22-11-18(4)24(13-20-7-9-23(10-8-20)17(2)3)15-25(22)26-14-21(16-27)12-19(5)28-26;1-2/h7-11,15,17,19,21,26H,6,12-14H2,1-5H3;1H3. The van der Waals surface area contributed by atoms with E-state index in [1.54, 1.807) is 0 Å². The predicted molar refractivity (Wildman–Crippen MR) is 129 cm³/mol. The van der Waals surface area contributed by atoms with Crippen molar-refractivity contribution in [1.82, 2.24) is 0 Å². The summed E-state index contributed by atoms with van der Waals surface area (Å²) in [6, 6.07) is 16.5. The van der Waals surface area contributed by atoms with E-state index in [4.69, 9.17) is 0 Å². The molecular weight excluding hydrogens is 389 g/mol. The van der Waals surface area contributed by atoms with E-state index in [0.717, 1.165) is 25.7 Å². The summed E-state index contributed by atoms with van der Waals surface area (Å²) in [7, 11) is 0.500. The Morgan fingerprint density at radius 3 is 2.33 bits per heavy atom. The van der Waals surface area contributed by atoms with Gasteiger partial charge >= 0.3 is 0 Å². The van der Waals surface area contributed by atoms with Gasteiger partial charge in [-0.25, -0.2) is 0 Å². The number of hydrogen-bond donors (Lipinski definition) is 0. The first-order valence-electron chi connectivity index (χ1n) is 11.0. The zero-order valence-corrected chi connectivity index (χ0v) is 20.2. The molecule has 0 aromatic heterocycles. The van der Waals surface area contributed by atoms with E-state index in [2.05, 4.69) is 88.8 Å². The van der Waals surface area contributed by atoms with Crippen LogP contribution in [0.1, 0.15) is 85.1 Å². The van der Waals surface area contributed by atoms with E-state index >= 15 is 0 Å². The molecule has 1 heterocycles. The summed E-state index contributed by atoms with van der Waals surface area (Å²) in [5, 5.41) is 10.5. The van der Waals surface area contributed by atoms with Crippen molar-refractivity contribution >= 4 is 11.8 Å². The van der Waals surface area contributed by atoms with Gasteiger partial charge in [-0.05, 0) is 71.9 Å². The lowest BCUT2D eigenvalue weighted by atomic mass is 9.88. The van der Waals surface area contributed by atoms with Crippen LogP contribution in [0.4, 0.5) is 4.39 Å². The minimum atomic E-state index is 0.194. The molecule has 1 aliphatic heterocycles. The summed E-state index contributed by atoms with van der Waals surface area (Å²) < 4.78 is 9.50. The highest BCUT2D eigenvalue weighted by molar-refractivity contribution is 8.00. The Hall–Kier alpha value is -1.79. The zero-order valence-electron chi connectivity index (χ0n) is 19.3. The molecule has 0 N–H and O–H groups in total. The molecular formula is C27H36FNS. The molecule has 1 nitrogen and oxygen atoms in total. The van der Waals surface area contributed by atoms with Crippen molar-refractivity contribution in [2.45, 2.75) is 76.7 Å². The molecule has 0 aliphatic carbocycles. The highest BCUT2D eigenvalue weighted by Crippen LogP contribution is 2.46. The van der Waals surface area contributed by atoms with Gasteiger partial charge in [0.2, 0.25) is 0 Å². The Morgan fingerprint density at radius 2 is 1.77 bits per heavy atom. The summed E-state index contributed by atoms with van der Waals surface area (Å²) >= 11 is 2.06. The second kappa shape index (κ2) is 11.6. The van der Waals surface area contributed by atoms with Crippen LogP contribution in [0.25, 0.3) is 0 Å². The molecule has 1 aliphatic rings. The van der Waals surface area contributed by atoms with Crippen LogP contribution in [0.3, 0.4) is 0 Å². The first-order valence-corrected chi connectivity index (χ1v) is 12.0. The molecule has 1 fully saturated rings. The molecule has 2 aromatic carbocycles. The van der Waals surface area contributed by atoms with Crippen molar-refractivity contribution in [3.8, 4) is 6.07 Å². The van der Waals surface area contributed by atoms with Gasteiger partial charge in [0.05, 0.1) is 13.2 Å². The SMILES string of the molecule is CCc1cc(C)c(Cc2ccc(C(C)C)cc2)cc1C1CC(C#N)CC(C)S1.CF. The Bertz CT molecular complexity index is 850. The lowest BCUT2D eigenvalue weighted by Gasteiger charge is -2.31. The van der Waals surface area contributed by atoms with Crippen LogP contribution in [0.2, 0.25) is 0 Å². The molecule has 3 atom stereocenters. The maximum Gasteiger partial charge on any atom is 0.0785 e. The molecule has 30 heavy (non-hydrogen) atoms. The van der Waals surface area contributed by atoms with Gasteiger partial charge in [-0.2, -0.15) is 17.0 Å². The number of hydrogen-bond acceptors (Lipinski definition) is 2. The van der Waals surface area contributed by atoms with Crippen molar-refractivity contribution in [3.63, 3.8) is 0 Å². The molecule has 2 aromatic rings. The van der Waals surface area contributed by atoms with E-state index < -0.39 is 0 Å². The maximum atomic E-state index is 9.50. The Labute approximate surface area is 187 Å². The molecule has 0 spiro atoms. The number of aryl methyl sites for hydroxylation is 2. The molecule has 3 heteroatoms. The lowest BCUT2D eigenvalue weighted by molar-refractivity contribution is 0.523. The van der Waals surface area contributed by atoms with Crippen LogP contribution in [-0.2, 0) is 12.8 Å². The van der Waals surface area contributed by atoms with Crippen molar-refractivity contribution in [1.29, 1.82) is 5.26 Å². The molecule has 0 bridgehead atoms.